The van der Waals surface area contributed by atoms with Crippen LogP contribution in [0, 0.1) is 10.1 Å². The number of nitrogens with zero attached hydrogens (tertiary/aromatic N) is 4. The SMILES string of the molecule is O=[N+]([O-])c1cc(Br)cnc1Oc1ccc2nccnc2c1. The van der Waals surface area contributed by atoms with E-state index in [9.17, 15) is 10.1 Å². The quantitative estimate of drug-likeness (QED) is 0.532. The molecule has 0 aliphatic heterocycles. The molecule has 8 heteroatoms. The molecule has 0 unspecified atom stereocenters. The Balaban J connectivity index is 2.00. The Bertz CT molecular complexity index is 841. The van der Waals surface area contributed by atoms with E-state index in [0.717, 1.165) is 0 Å². The van der Waals surface area contributed by atoms with Crippen molar-refractivity contribution in [2.24, 2.45) is 0 Å². The van der Waals surface area contributed by atoms with Crippen molar-refractivity contribution >= 4 is 32.7 Å². The van der Waals surface area contributed by atoms with Gasteiger partial charge in [0.05, 0.1) is 16.0 Å². The lowest BCUT2D eigenvalue weighted by Gasteiger charge is -2.06. The predicted molar refractivity (Wildman–Crippen MR) is 78.2 cm³/mol. The molecule has 7 nitrogen and oxygen atoms in total. The fourth-order valence-corrected chi connectivity index (χ4v) is 2.06. The highest BCUT2D eigenvalue weighted by Crippen LogP contribution is 2.31. The highest BCUT2D eigenvalue weighted by Gasteiger charge is 2.18. The van der Waals surface area contributed by atoms with Crippen LogP contribution in [-0.2, 0) is 0 Å². The summed E-state index contributed by atoms with van der Waals surface area (Å²) >= 11 is 3.14. The van der Waals surface area contributed by atoms with Crippen molar-refractivity contribution in [1.29, 1.82) is 0 Å². The van der Waals surface area contributed by atoms with Crippen molar-refractivity contribution in [3.63, 3.8) is 0 Å². The first kappa shape index (κ1) is 13.4. The fraction of sp³-hybridized carbons (Fsp3) is 0. The molecule has 2 aromatic heterocycles. The third kappa shape index (κ3) is 2.79. The molecule has 0 saturated carbocycles. The van der Waals surface area contributed by atoms with Gasteiger partial charge in [-0.05, 0) is 28.1 Å². The molecule has 0 saturated heterocycles. The van der Waals surface area contributed by atoms with Gasteiger partial charge in [-0.2, -0.15) is 0 Å². The number of hydrogen-bond acceptors (Lipinski definition) is 6. The molecule has 1 aromatic carbocycles. The third-order valence-electron chi connectivity index (χ3n) is 2.65. The summed E-state index contributed by atoms with van der Waals surface area (Å²) in [5.41, 5.74) is 1.13. The van der Waals surface area contributed by atoms with Crippen LogP contribution in [0.2, 0.25) is 0 Å². The number of hydrogen-bond donors (Lipinski definition) is 0. The fourth-order valence-electron chi connectivity index (χ4n) is 1.74. The molecular formula is C13H7BrN4O3. The second kappa shape index (κ2) is 5.41. The first-order valence-corrected chi connectivity index (χ1v) is 6.61. The number of ether oxygens (including phenoxy) is 1. The summed E-state index contributed by atoms with van der Waals surface area (Å²) in [6.45, 7) is 0. The molecule has 3 aromatic rings. The van der Waals surface area contributed by atoms with Gasteiger partial charge >= 0.3 is 5.69 Å². The molecule has 0 amide bonds. The zero-order valence-electron chi connectivity index (χ0n) is 10.4. The number of aromatic nitrogens is 3. The minimum Gasteiger partial charge on any atom is -0.434 e. The molecule has 2 heterocycles. The zero-order chi connectivity index (χ0) is 14.8. The largest absolute Gasteiger partial charge is 0.434 e. The maximum atomic E-state index is 11.0. The predicted octanol–water partition coefficient (Wildman–Crippen LogP) is 3.49. The van der Waals surface area contributed by atoms with E-state index in [0.29, 0.717) is 21.3 Å². The topological polar surface area (TPSA) is 91.0 Å². The van der Waals surface area contributed by atoms with E-state index >= 15 is 0 Å². The first-order valence-electron chi connectivity index (χ1n) is 5.82. The lowest BCUT2D eigenvalue weighted by Crippen LogP contribution is -1.96. The molecule has 0 aliphatic rings. The molecule has 0 fully saturated rings. The number of rotatable bonds is 3. The highest BCUT2D eigenvalue weighted by molar-refractivity contribution is 9.10. The van der Waals surface area contributed by atoms with Crippen molar-refractivity contribution in [2.45, 2.75) is 0 Å². The van der Waals surface area contributed by atoms with Crippen LogP contribution in [0.3, 0.4) is 0 Å². The Morgan fingerprint density at radius 2 is 1.86 bits per heavy atom. The Kier molecular flexibility index (Phi) is 3.44. The first-order chi connectivity index (χ1) is 10.1. The summed E-state index contributed by atoms with van der Waals surface area (Å²) in [4.78, 5) is 22.7. The third-order valence-corrected chi connectivity index (χ3v) is 3.08. The minimum atomic E-state index is -0.548. The molecule has 104 valence electrons. The molecule has 0 atom stereocenters. The summed E-state index contributed by atoms with van der Waals surface area (Å²) in [5, 5.41) is 11.0. The summed E-state index contributed by atoms with van der Waals surface area (Å²) < 4.78 is 6.00. The average Bonchev–Trinajstić information content (AvgIpc) is 2.49. The number of fused-ring (bicyclic) bond motifs is 1. The van der Waals surface area contributed by atoms with Crippen LogP contribution in [0.5, 0.6) is 11.6 Å². The van der Waals surface area contributed by atoms with Crippen molar-refractivity contribution in [1.82, 2.24) is 15.0 Å². The summed E-state index contributed by atoms with van der Waals surface area (Å²) in [7, 11) is 0. The van der Waals surface area contributed by atoms with Crippen LogP contribution in [0.1, 0.15) is 0 Å². The van der Waals surface area contributed by atoms with Gasteiger partial charge in [-0.3, -0.25) is 20.1 Å². The molecule has 3 rings (SSSR count). The molecule has 0 spiro atoms. The second-order valence-electron chi connectivity index (χ2n) is 4.04. The van der Waals surface area contributed by atoms with Gasteiger partial charge in [0.25, 0.3) is 5.88 Å². The molecule has 0 bridgehead atoms. The lowest BCUT2D eigenvalue weighted by atomic mass is 10.3. The van der Waals surface area contributed by atoms with Crippen molar-refractivity contribution in [2.75, 3.05) is 0 Å². The van der Waals surface area contributed by atoms with E-state index in [1.54, 1.807) is 30.6 Å². The van der Waals surface area contributed by atoms with Crippen LogP contribution >= 0.6 is 15.9 Å². The van der Waals surface area contributed by atoms with Crippen LogP contribution < -0.4 is 4.74 Å². The minimum absolute atomic E-state index is 0.0774. The maximum Gasteiger partial charge on any atom is 0.332 e. The van der Waals surface area contributed by atoms with E-state index in [1.807, 2.05) is 0 Å². The van der Waals surface area contributed by atoms with Gasteiger partial charge in [-0.25, -0.2) is 4.98 Å². The second-order valence-corrected chi connectivity index (χ2v) is 4.96. The molecule has 0 aliphatic carbocycles. The standard InChI is InChI=1S/C13H7BrN4O3/c14-8-5-12(18(19)20)13(17-7-8)21-9-1-2-10-11(6-9)16-4-3-15-10/h1-7H. The Morgan fingerprint density at radius 1 is 1.10 bits per heavy atom. The van der Waals surface area contributed by atoms with Gasteiger partial charge in [0.2, 0.25) is 0 Å². The van der Waals surface area contributed by atoms with Gasteiger partial charge in [0.1, 0.15) is 5.75 Å². The number of halogens is 1. The van der Waals surface area contributed by atoms with Crippen molar-refractivity contribution in [3.8, 4) is 11.6 Å². The van der Waals surface area contributed by atoms with E-state index in [-0.39, 0.29) is 11.6 Å². The van der Waals surface area contributed by atoms with Crippen LogP contribution in [0.25, 0.3) is 11.0 Å². The van der Waals surface area contributed by atoms with Crippen molar-refractivity contribution < 1.29 is 9.66 Å². The maximum absolute atomic E-state index is 11.0. The van der Waals surface area contributed by atoms with E-state index in [4.69, 9.17) is 4.74 Å². The average molecular weight is 347 g/mol. The van der Waals surface area contributed by atoms with Crippen molar-refractivity contribution in [3.05, 3.63) is 57.4 Å². The molecule has 0 radical (unpaired) electrons. The van der Waals surface area contributed by atoms with Gasteiger partial charge < -0.3 is 4.74 Å². The molecule has 21 heavy (non-hydrogen) atoms. The lowest BCUT2D eigenvalue weighted by molar-refractivity contribution is -0.386. The summed E-state index contributed by atoms with van der Waals surface area (Å²) in [6.07, 6.45) is 4.58. The Labute approximate surface area is 126 Å². The van der Waals surface area contributed by atoms with E-state index < -0.39 is 4.92 Å². The van der Waals surface area contributed by atoms with Gasteiger partial charge in [0, 0.05) is 35.2 Å². The molecule has 0 N–H and O–H groups in total. The van der Waals surface area contributed by atoms with Crippen LogP contribution in [0.15, 0.2) is 47.3 Å². The van der Waals surface area contributed by atoms with E-state index in [1.165, 1.54) is 12.3 Å². The summed E-state index contributed by atoms with van der Waals surface area (Å²) in [6, 6.07) is 6.37. The number of pyridine rings is 1. The van der Waals surface area contributed by atoms with Crippen LogP contribution in [-0.4, -0.2) is 19.9 Å². The zero-order valence-corrected chi connectivity index (χ0v) is 12.0. The number of nitro groups is 1. The van der Waals surface area contributed by atoms with E-state index in [2.05, 4.69) is 30.9 Å². The highest BCUT2D eigenvalue weighted by atomic mass is 79.9. The Morgan fingerprint density at radius 3 is 2.62 bits per heavy atom. The van der Waals surface area contributed by atoms with Gasteiger partial charge in [-0.15, -0.1) is 0 Å². The van der Waals surface area contributed by atoms with Crippen LogP contribution in [0.4, 0.5) is 5.69 Å². The smallest absolute Gasteiger partial charge is 0.332 e. The Hall–Kier alpha value is -2.61. The van der Waals surface area contributed by atoms with Gasteiger partial charge in [0.15, 0.2) is 0 Å². The molecular weight excluding hydrogens is 340 g/mol. The number of benzene rings is 1. The van der Waals surface area contributed by atoms with Gasteiger partial charge in [-0.1, -0.05) is 0 Å². The summed E-state index contributed by atoms with van der Waals surface area (Å²) in [5.74, 6) is 0.326. The monoisotopic (exact) mass is 346 g/mol. The normalized spacial score (nSPS) is 10.5.